The molecule has 1 aliphatic heterocycles. The van der Waals surface area contributed by atoms with Crippen molar-refractivity contribution in [3.63, 3.8) is 0 Å². The Balaban J connectivity index is 1.57. The van der Waals surface area contributed by atoms with Gasteiger partial charge in [-0.1, -0.05) is 89.9 Å². The number of unbranched alkanes of at least 4 members (excludes halogenated alkanes) is 2. The van der Waals surface area contributed by atoms with Crippen LogP contribution in [0.5, 0.6) is 0 Å². The summed E-state index contributed by atoms with van der Waals surface area (Å²) in [6.45, 7) is 0.422. The summed E-state index contributed by atoms with van der Waals surface area (Å²) in [5.41, 5.74) is -0.798. The van der Waals surface area contributed by atoms with Crippen molar-refractivity contribution in [2.24, 2.45) is 5.92 Å². The summed E-state index contributed by atoms with van der Waals surface area (Å²) >= 11 is 0. The lowest BCUT2D eigenvalue weighted by atomic mass is 9.88. The number of rotatable bonds is 7. The van der Waals surface area contributed by atoms with Crippen LogP contribution in [0.3, 0.4) is 0 Å². The molecule has 1 heterocycles. The SMILES string of the molecule is O=C(O)C1(CCCCCC2CCCCCCCCCCC2)CO1. The first-order chi connectivity index (χ1) is 11.2. The molecule has 1 unspecified atom stereocenters. The lowest BCUT2D eigenvalue weighted by Gasteiger charge is -2.18. The van der Waals surface area contributed by atoms with Gasteiger partial charge in [-0.25, -0.2) is 4.79 Å². The molecule has 1 atom stereocenters. The van der Waals surface area contributed by atoms with Crippen LogP contribution in [-0.4, -0.2) is 23.3 Å². The quantitative estimate of drug-likeness (QED) is 0.482. The standard InChI is InChI=1S/C20H36O3/c21-19(22)20(17-23-20)16-12-8-11-15-18-13-9-6-4-2-1-3-5-7-10-14-18/h18H,1-17H2,(H,21,22). The fourth-order valence-electron chi connectivity index (χ4n) is 4.02. The highest BCUT2D eigenvalue weighted by Gasteiger charge is 2.51. The number of hydrogen-bond acceptors (Lipinski definition) is 2. The van der Waals surface area contributed by atoms with Gasteiger partial charge < -0.3 is 9.84 Å². The molecule has 2 aliphatic rings. The summed E-state index contributed by atoms with van der Waals surface area (Å²) in [5.74, 6) is 0.150. The molecule has 1 saturated carbocycles. The van der Waals surface area contributed by atoms with Crippen molar-refractivity contribution in [3.05, 3.63) is 0 Å². The van der Waals surface area contributed by atoms with Crippen LogP contribution < -0.4 is 0 Å². The number of ether oxygens (including phenoxy) is 1. The number of carboxylic acids is 1. The van der Waals surface area contributed by atoms with Crippen LogP contribution in [0.4, 0.5) is 0 Å². The molecule has 0 radical (unpaired) electrons. The Morgan fingerprint density at radius 2 is 1.39 bits per heavy atom. The van der Waals surface area contributed by atoms with E-state index < -0.39 is 11.6 Å². The molecule has 1 N–H and O–H groups in total. The van der Waals surface area contributed by atoms with Gasteiger partial charge in [-0.3, -0.25) is 0 Å². The van der Waals surface area contributed by atoms with E-state index >= 15 is 0 Å². The van der Waals surface area contributed by atoms with Crippen molar-refractivity contribution in [1.29, 1.82) is 0 Å². The van der Waals surface area contributed by atoms with E-state index in [1.54, 1.807) is 0 Å². The van der Waals surface area contributed by atoms with Crippen molar-refractivity contribution in [1.82, 2.24) is 0 Å². The Labute approximate surface area is 142 Å². The van der Waals surface area contributed by atoms with Gasteiger partial charge in [-0.2, -0.15) is 0 Å². The zero-order valence-electron chi connectivity index (χ0n) is 14.9. The zero-order chi connectivity index (χ0) is 16.4. The van der Waals surface area contributed by atoms with Crippen LogP contribution in [0.2, 0.25) is 0 Å². The fraction of sp³-hybridized carbons (Fsp3) is 0.950. The maximum Gasteiger partial charge on any atom is 0.338 e. The van der Waals surface area contributed by atoms with Crippen LogP contribution in [-0.2, 0) is 9.53 Å². The average molecular weight is 325 g/mol. The summed E-state index contributed by atoms with van der Waals surface area (Å²) in [5, 5.41) is 9.09. The number of aliphatic carboxylic acids is 1. The number of hydrogen-bond donors (Lipinski definition) is 1. The van der Waals surface area contributed by atoms with Gasteiger partial charge in [-0.05, 0) is 18.8 Å². The van der Waals surface area contributed by atoms with E-state index in [9.17, 15) is 4.79 Å². The molecule has 3 heteroatoms. The molecule has 1 aliphatic carbocycles. The first kappa shape index (κ1) is 18.8. The van der Waals surface area contributed by atoms with E-state index in [0.717, 1.165) is 18.8 Å². The molecule has 0 amide bonds. The van der Waals surface area contributed by atoms with E-state index in [2.05, 4.69) is 0 Å². The van der Waals surface area contributed by atoms with E-state index in [1.165, 1.54) is 83.5 Å². The van der Waals surface area contributed by atoms with Crippen LogP contribution in [0.15, 0.2) is 0 Å². The number of epoxide rings is 1. The largest absolute Gasteiger partial charge is 0.479 e. The van der Waals surface area contributed by atoms with Gasteiger partial charge in [0, 0.05) is 0 Å². The molecular formula is C20H36O3. The second-order valence-corrected chi connectivity index (χ2v) is 7.81. The first-order valence-corrected chi connectivity index (χ1v) is 10.1. The van der Waals surface area contributed by atoms with Crippen LogP contribution in [0.1, 0.15) is 103 Å². The Bertz CT molecular complexity index is 324. The molecule has 134 valence electrons. The Kier molecular flexibility index (Phi) is 8.43. The second kappa shape index (κ2) is 10.3. The van der Waals surface area contributed by atoms with Gasteiger partial charge in [0.1, 0.15) is 0 Å². The lowest BCUT2D eigenvalue weighted by Crippen LogP contribution is -2.23. The third kappa shape index (κ3) is 7.24. The predicted molar refractivity (Wildman–Crippen MR) is 93.7 cm³/mol. The van der Waals surface area contributed by atoms with Crippen LogP contribution >= 0.6 is 0 Å². The maximum atomic E-state index is 11.1. The van der Waals surface area contributed by atoms with Gasteiger partial charge in [0.2, 0.25) is 0 Å². The average Bonchev–Trinajstić information content (AvgIpc) is 3.30. The highest BCUT2D eigenvalue weighted by Crippen LogP contribution is 2.33. The third-order valence-corrected chi connectivity index (χ3v) is 5.80. The smallest absolute Gasteiger partial charge is 0.338 e. The molecule has 2 rings (SSSR count). The van der Waals surface area contributed by atoms with E-state index in [1.807, 2.05) is 0 Å². The second-order valence-electron chi connectivity index (χ2n) is 7.81. The minimum atomic E-state index is -0.798. The molecule has 0 aromatic carbocycles. The van der Waals surface area contributed by atoms with Crippen LogP contribution in [0, 0.1) is 5.92 Å². The zero-order valence-corrected chi connectivity index (χ0v) is 14.9. The van der Waals surface area contributed by atoms with Crippen molar-refractivity contribution in [2.45, 2.75) is 108 Å². The number of carboxylic acid groups (broad SMARTS) is 1. The Morgan fingerprint density at radius 1 is 0.870 bits per heavy atom. The Hall–Kier alpha value is -0.570. The van der Waals surface area contributed by atoms with Crippen molar-refractivity contribution >= 4 is 5.97 Å². The minimum absolute atomic E-state index is 0.422. The topological polar surface area (TPSA) is 49.8 Å². The van der Waals surface area contributed by atoms with Crippen molar-refractivity contribution < 1.29 is 14.6 Å². The highest BCUT2D eigenvalue weighted by atomic mass is 16.6. The summed E-state index contributed by atoms with van der Waals surface area (Å²) in [6, 6.07) is 0. The summed E-state index contributed by atoms with van der Waals surface area (Å²) in [7, 11) is 0. The van der Waals surface area contributed by atoms with Gasteiger partial charge >= 0.3 is 5.97 Å². The fourth-order valence-corrected chi connectivity index (χ4v) is 4.02. The summed E-state index contributed by atoms with van der Waals surface area (Å²) < 4.78 is 5.13. The van der Waals surface area contributed by atoms with Gasteiger partial charge in [0.25, 0.3) is 0 Å². The maximum absolute atomic E-state index is 11.1. The summed E-state index contributed by atoms with van der Waals surface area (Å²) in [6.07, 6.45) is 21.2. The van der Waals surface area contributed by atoms with Crippen molar-refractivity contribution in [2.75, 3.05) is 6.61 Å². The number of carbonyl (C=O) groups is 1. The first-order valence-electron chi connectivity index (χ1n) is 10.1. The molecule has 0 spiro atoms. The normalized spacial score (nSPS) is 27.8. The van der Waals surface area contributed by atoms with Gasteiger partial charge in [0.15, 0.2) is 5.60 Å². The molecule has 1 saturated heterocycles. The van der Waals surface area contributed by atoms with E-state index in [4.69, 9.17) is 9.84 Å². The third-order valence-electron chi connectivity index (χ3n) is 5.80. The molecule has 0 bridgehead atoms. The van der Waals surface area contributed by atoms with Gasteiger partial charge in [-0.15, -0.1) is 0 Å². The van der Waals surface area contributed by atoms with Gasteiger partial charge in [0.05, 0.1) is 6.61 Å². The molecule has 0 aromatic heterocycles. The predicted octanol–water partition coefficient (Wildman–Crippen LogP) is 5.71. The summed E-state index contributed by atoms with van der Waals surface area (Å²) in [4.78, 5) is 11.1. The molecular weight excluding hydrogens is 288 g/mol. The molecule has 0 aromatic rings. The highest BCUT2D eigenvalue weighted by molar-refractivity contribution is 5.80. The van der Waals surface area contributed by atoms with E-state index in [-0.39, 0.29) is 0 Å². The van der Waals surface area contributed by atoms with Crippen LogP contribution in [0.25, 0.3) is 0 Å². The van der Waals surface area contributed by atoms with Crippen molar-refractivity contribution in [3.8, 4) is 0 Å². The molecule has 23 heavy (non-hydrogen) atoms. The molecule has 3 nitrogen and oxygen atoms in total. The lowest BCUT2D eigenvalue weighted by molar-refractivity contribution is -0.143. The monoisotopic (exact) mass is 324 g/mol. The van der Waals surface area contributed by atoms with E-state index in [0.29, 0.717) is 13.0 Å². The minimum Gasteiger partial charge on any atom is -0.479 e. The molecule has 2 fully saturated rings. The Morgan fingerprint density at radius 3 is 1.87 bits per heavy atom.